The number of hydrogen-bond donors (Lipinski definition) is 2. The van der Waals surface area contributed by atoms with Crippen LogP contribution in [0.3, 0.4) is 0 Å². The Morgan fingerprint density at radius 2 is 1.98 bits per heavy atom. The van der Waals surface area contributed by atoms with Gasteiger partial charge in [0.2, 0.25) is 0 Å². The molecule has 2 atom stereocenters. The number of fused-ring (bicyclic) bond motifs is 3. The molecule has 0 unspecified atom stereocenters. The number of benzene rings is 2. The molecule has 3 aromatic rings. The molecule has 0 amide bonds. The van der Waals surface area contributed by atoms with Crippen molar-refractivity contribution in [1.29, 1.82) is 0 Å². The predicted octanol–water partition coefficient (Wildman–Crippen LogP) is 7.41. The van der Waals surface area contributed by atoms with E-state index in [2.05, 4.69) is 53.3 Å². The molecule has 3 aliphatic rings. The molecule has 2 heterocycles. The number of anilines is 1. The highest BCUT2D eigenvalue weighted by Crippen LogP contribution is 2.52. The molecule has 1 fully saturated rings. The van der Waals surface area contributed by atoms with Crippen molar-refractivity contribution in [2.45, 2.75) is 82.3 Å². The zero-order valence-electron chi connectivity index (χ0n) is 24.0. The lowest BCUT2D eigenvalue weighted by atomic mass is 9.69. The van der Waals surface area contributed by atoms with E-state index in [1.165, 1.54) is 35.2 Å². The number of halogens is 1. The Kier molecular flexibility index (Phi) is 7.73. The number of aliphatic carboxylic acids is 1. The van der Waals surface area contributed by atoms with Crippen LogP contribution in [-0.2, 0) is 23.3 Å². The van der Waals surface area contributed by atoms with Gasteiger partial charge >= 0.3 is 5.97 Å². The van der Waals surface area contributed by atoms with Crippen LogP contribution in [0.2, 0.25) is 5.02 Å². The van der Waals surface area contributed by atoms with Crippen LogP contribution in [-0.4, -0.2) is 39.7 Å². The lowest BCUT2D eigenvalue weighted by Gasteiger charge is -2.48. The smallest absolute Gasteiger partial charge is 0.329 e. The average Bonchev–Trinajstić information content (AvgIpc) is 3.25. The highest BCUT2D eigenvalue weighted by molar-refractivity contribution is 6.30. The largest absolute Gasteiger partial charge is 0.493 e. The maximum Gasteiger partial charge on any atom is 0.329 e. The number of carboxylic acid groups (broad SMARTS) is 1. The first kappa shape index (κ1) is 28.0. The quantitative estimate of drug-likeness (QED) is 0.292. The van der Waals surface area contributed by atoms with Gasteiger partial charge in [0, 0.05) is 52.7 Å². The van der Waals surface area contributed by atoms with Crippen molar-refractivity contribution in [3.05, 3.63) is 88.2 Å². The number of carboxylic acids is 1. The number of ether oxygens (including phenoxy) is 1. The van der Waals surface area contributed by atoms with E-state index >= 15 is 0 Å². The molecule has 0 saturated heterocycles. The molecule has 1 aromatic heterocycles. The second-order valence-corrected chi connectivity index (χ2v) is 12.9. The van der Waals surface area contributed by atoms with Gasteiger partial charge < -0.3 is 15.2 Å². The molecule has 1 saturated carbocycles. The van der Waals surface area contributed by atoms with Crippen LogP contribution >= 0.6 is 11.6 Å². The summed E-state index contributed by atoms with van der Waals surface area (Å²) in [6, 6.07) is 18.1. The first-order valence-electron chi connectivity index (χ1n) is 15.0. The fraction of sp³-hybridized carbons (Fsp3) is 0.471. The fourth-order valence-corrected chi connectivity index (χ4v) is 7.71. The minimum absolute atomic E-state index is 0.176. The SMILES string of the molecule is C[C@@H](COc1ccnc2c1[C@H](C)CCC2)CN1Cc2ccccc2C12CCC(Nc1cccc(Cl)c1)(C(=O)O)CC2. The molecule has 2 aliphatic carbocycles. The molecular weight excluding hydrogens is 534 g/mol. The third kappa shape index (κ3) is 5.32. The summed E-state index contributed by atoms with van der Waals surface area (Å²) in [5.74, 6) is 0.970. The number of rotatable bonds is 8. The summed E-state index contributed by atoms with van der Waals surface area (Å²) in [4.78, 5) is 19.9. The summed E-state index contributed by atoms with van der Waals surface area (Å²) in [6.45, 7) is 6.95. The summed E-state index contributed by atoms with van der Waals surface area (Å²) in [6.07, 6.45) is 7.90. The summed E-state index contributed by atoms with van der Waals surface area (Å²) in [7, 11) is 0. The molecular formula is C34H40ClN3O3. The van der Waals surface area contributed by atoms with E-state index in [-0.39, 0.29) is 5.54 Å². The molecule has 0 bridgehead atoms. The Labute approximate surface area is 248 Å². The number of aryl methyl sites for hydroxylation is 1. The third-order valence-electron chi connectivity index (χ3n) is 9.67. The van der Waals surface area contributed by atoms with Crippen molar-refractivity contribution in [2.75, 3.05) is 18.5 Å². The van der Waals surface area contributed by atoms with Gasteiger partial charge in [0.05, 0.1) is 6.61 Å². The Hall–Kier alpha value is -3.09. The van der Waals surface area contributed by atoms with Crippen LogP contribution in [0.15, 0.2) is 60.8 Å². The Morgan fingerprint density at radius 1 is 1.17 bits per heavy atom. The fourth-order valence-electron chi connectivity index (χ4n) is 7.52. The molecule has 1 aliphatic heterocycles. The third-order valence-corrected chi connectivity index (χ3v) is 9.90. The van der Waals surface area contributed by atoms with E-state index in [9.17, 15) is 9.90 Å². The van der Waals surface area contributed by atoms with Gasteiger partial charge in [-0.15, -0.1) is 0 Å². The molecule has 1 spiro atoms. The summed E-state index contributed by atoms with van der Waals surface area (Å²) in [5, 5.41) is 14.4. The van der Waals surface area contributed by atoms with E-state index < -0.39 is 11.5 Å². The molecule has 6 rings (SSSR count). The summed E-state index contributed by atoms with van der Waals surface area (Å²) >= 11 is 6.21. The van der Waals surface area contributed by atoms with Crippen molar-refractivity contribution in [3.63, 3.8) is 0 Å². The topological polar surface area (TPSA) is 74.7 Å². The van der Waals surface area contributed by atoms with Crippen LogP contribution in [0.1, 0.15) is 80.7 Å². The zero-order chi connectivity index (χ0) is 28.6. The van der Waals surface area contributed by atoms with Crippen LogP contribution < -0.4 is 10.1 Å². The van der Waals surface area contributed by atoms with E-state index in [1.54, 1.807) is 12.1 Å². The molecule has 7 heteroatoms. The van der Waals surface area contributed by atoms with Gasteiger partial charge in [-0.1, -0.05) is 55.8 Å². The number of aromatic nitrogens is 1. The first-order valence-corrected chi connectivity index (χ1v) is 15.4. The van der Waals surface area contributed by atoms with E-state index in [1.807, 2.05) is 24.4 Å². The van der Waals surface area contributed by atoms with Crippen molar-refractivity contribution in [1.82, 2.24) is 9.88 Å². The lowest BCUT2D eigenvalue weighted by molar-refractivity contribution is -0.145. The van der Waals surface area contributed by atoms with Crippen LogP contribution in [0.5, 0.6) is 5.75 Å². The number of nitrogens with one attached hydrogen (secondary N) is 1. The second-order valence-electron chi connectivity index (χ2n) is 12.5. The summed E-state index contributed by atoms with van der Waals surface area (Å²) < 4.78 is 6.48. The first-order chi connectivity index (χ1) is 19.8. The van der Waals surface area contributed by atoms with Crippen LogP contribution in [0.25, 0.3) is 0 Å². The normalized spacial score (nSPS) is 26.3. The average molecular weight is 574 g/mol. The molecule has 2 aromatic carbocycles. The maximum atomic E-state index is 12.7. The van der Waals surface area contributed by atoms with E-state index in [4.69, 9.17) is 16.3 Å². The number of nitrogens with zero attached hydrogens (tertiary/aromatic N) is 2. The molecule has 216 valence electrons. The lowest BCUT2D eigenvalue weighted by Crippen LogP contribution is -2.55. The number of pyridine rings is 1. The van der Waals surface area contributed by atoms with Gasteiger partial charge in [-0.3, -0.25) is 9.88 Å². The number of hydrogen-bond acceptors (Lipinski definition) is 5. The number of carbonyl (C=O) groups is 1. The highest BCUT2D eigenvalue weighted by Gasteiger charge is 2.53. The van der Waals surface area contributed by atoms with Gasteiger partial charge in [0.25, 0.3) is 0 Å². The van der Waals surface area contributed by atoms with Crippen molar-refractivity contribution in [2.24, 2.45) is 5.92 Å². The predicted molar refractivity (Wildman–Crippen MR) is 163 cm³/mol. The highest BCUT2D eigenvalue weighted by atomic mass is 35.5. The van der Waals surface area contributed by atoms with Crippen LogP contribution in [0.4, 0.5) is 5.69 Å². The maximum absolute atomic E-state index is 12.7. The molecule has 6 nitrogen and oxygen atoms in total. The second kappa shape index (κ2) is 11.3. The van der Waals surface area contributed by atoms with Crippen molar-refractivity contribution in [3.8, 4) is 5.75 Å². The minimum atomic E-state index is -1.02. The molecule has 2 N–H and O–H groups in total. The summed E-state index contributed by atoms with van der Waals surface area (Å²) in [5.41, 5.74) is 4.74. The van der Waals surface area contributed by atoms with E-state index in [0.29, 0.717) is 36.3 Å². The molecule has 41 heavy (non-hydrogen) atoms. The van der Waals surface area contributed by atoms with Gasteiger partial charge in [0.15, 0.2) is 0 Å². The molecule has 0 radical (unpaired) electrons. The van der Waals surface area contributed by atoms with E-state index in [0.717, 1.165) is 43.8 Å². The van der Waals surface area contributed by atoms with Gasteiger partial charge in [-0.2, -0.15) is 0 Å². The standard InChI is InChI=1S/C34H40ClN3O3/c1-23(22-41-30-13-18-36-29-12-5-7-24(2)31(29)30)20-38-21-25-8-3-4-11-28(25)34(38)16-14-33(15-17-34,32(39)40)37-27-10-6-9-26(35)19-27/h3-4,6,8-11,13,18-19,23-24,37H,5,7,12,14-17,20-22H2,1-2H3,(H,39,40)/t23-,24-,33?,34?/m1/s1. The van der Waals surface area contributed by atoms with Crippen molar-refractivity contribution >= 4 is 23.3 Å². The van der Waals surface area contributed by atoms with Crippen LogP contribution in [0, 0.1) is 5.92 Å². The van der Waals surface area contributed by atoms with Gasteiger partial charge in [-0.25, -0.2) is 4.79 Å². The Balaban J connectivity index is 1.19. The van der Waals surface area contributed by atoms with Gasteiger partial charge in [-0.05, 0) is 86.3 Å². The minimum Gasteiger partial charge on any atom is -0.493 e. The Morgan fingerprint density at radius 3 is 2.76 bits per heavy atom. The Bertz CT molecular complexity index is 1420. The van der Waals surface area contributed by atoms with Crippen molar-refractivity contribution < 1.29 is 14.6 Å². The van der Waals surface area contributed by atoms with Gasteiger partial charge in [0.1, 0.15) is 11.3 Å². The monoisotopic (exact) mass is 573 g/mol. The zero-order valence-corrected chi connectivity index (χ0v) is 24.8.